The van der Waals surface area contributed by atoms with Gasteiger partial charge in [-0.05, 0) is 64.2 Å². The third kappa shape index (κ3) is 11.2. The quantitative estimate of drug-likeness (QED) is 0.168. The molecule has 0 heterocycles. The van der Waals surface area contributed by atoms with E-state index in [2.05, 4.69) is 53.2 Å². The number of carbonyl (C=O) groups is 1. The Morgan fingerprint density at radius 3 is 1.84 bits per heavy atom. The molecule has 25 heavy (non-hydrogen) atoms. The van der Waals surface area contributed by atoms with E-state index < -0.39 is 25.2 Å². The molecule has 0 saturated carbocycles. The molecule has 0 aliphatic carbocycles. The van der Waals surface area contributed by atoms with Crippen LogP contribution in [0.3, 0.4) is 0 Å². The Bertz CT molecular complexity index is 429. The Labute approximate surface area is 158 Å². The summed E-state index contributed by atoms with van der Waals surface area (Å²) < 4.78 is 18.7. The topological polar surface area (TPSA) is 44.8 Å². The average molecular weight is 405 g/mol. The largest absolute Gasteiger partial charge is 0.462 e. The van der Waals surface area contributed by atoms with Gasteiger partial charge in [-0.2, -0.15) is 0 Å². The maximum absolute atomic E-state index is 11.5. The highest BCUT2D eigenvalue weighted by molar-refractivity contribution is 6.88. The first-order valence-electron chi connectivity index (χ1n) is 9.59. The van der Waals surface area contributed by atoms with Crippen LogP contribution in [0.1, 0.15) is 40.0 Å². The fourth-order valence-corrected chi connectivity index (χ4v) is 17.9. The van der Waals surface area contributed by atoms with Crippen molar-refractivity contribution in [2.24, 2.45) is 0 Å². The summed E-state index contributed by atoms with van der Waals surface area (Å²) >= 11 is 0. The summed E-state index contributed by atoms with van der Waals surface area (Å²) in [6.45, 7) is 21.4. The van der Waals surface area contributed by atoms with Crippen LogP contribution in [0, 0.1) is 0 Å². The molecule has 7 heteroatoms. The van der Waals surface area contributed by atoms with E-state index >= 15 is 0 Å². The normalized spacial score (nSPS) is 14.9. The number of ether oxygens (including phenoxy) is 1. The molecule has 0 amide bonds. The third-order valence-electron chi connectivity index (χ3n) is 3.90. The van der Waals surface area contributed by atoms with Crippen molar-refractivity contribution in [2.45, 2.75) is 90.9 Å². The van der Waals surface area contributed by atoms with E-state index in [4.69, 9.17) is 13.0 Å². The van der Waals surface area contributed by atoms with Crippen molar-refractivity contribution in [1.29, 1.82) is 0 Å². The van der Waals surface area contributed by atoms with Gasteiger partial charge in [0, 0.05) is 5.57 Å². The molecule has 0 spiro atoms. The molecule has 0 aromatic heterocycles. The van der Waals surface area contributed by atoms with Gasteiger partial charge >= 0.3 is 14.5 Å². The average Bonchev–Trinajstić information content (AvgIpc) is 2.41. The minimum Gasteiger partial charge on any atom is -0.462 e. The number of carbonyl (C=O) groups excluding carboxylic acids is 1. The summed E-state index contributed by atoms with van der Waals surface area (Å²) in [5, 5.41) is 0. The summed E-state index contributed by atoms with van der Waals surface area (Å²) in [7, 11) is -5.73. The molecular formula is C18H40O4Si3. The van der Waals surface area contributed by atoms with E-state index in [0.29, 0.717) is 12.2 Å². The highest BCUT2D eigenvalue weighted by Gasteiger charge is 2.42. The SMILES string of the molecule is C=C(C)C(=O)OCCC[Si](C)(O[Si](C)(C)C)O[Si](C)(CCC)CCC. The molecule has 0 rings (SSSR count). The number of rotatable bonds is 13. The molecule has 148 valence electrons. The zero-order chi connectivity index (χ0) is 19.7. The maximum atomic E-state index is 11.5. The second kappa shape index (κ2) is 10.8. The van der Waals surface area contributed by atoms with Gasteiger partial charge in [0.05, 0.1) is 6.61 Å². The molecule has 0 N–H and O–H groups in total. The summed E-state index contributed by atoms with van der Waals surface area (Å²) in [5.74, 6) is -0.313. The standard InChI is InChI=1S/C18H40O4Si3/c1-10-14-24(8,15-11-2)22-25(9,21-23(5,6)7)16-12-13-20-18(19)17(3)4/h3,10-16H2,1-2,4-9H3. The maximum Gasteiger partial charge on any atom is 0.333 e. The summed E-state index contributed by atoms with van der Waals surface area (Å²) in [6, 6.07) is 3.24. The molecule has 0 bridgehead atoms. The van der Waals surface area contributed by atoms with Crippen LogP contribution in [0.15, 0.2) is 12.2 Å². The van der Waals surface area contributed by atoms with Crippen molar-refractivity contribution in [2.75, 3.05) is 6.61 Å². The van der Waals surface area contributed by atoms with Crippen molar-refractivity contribution >= 4 is 31.2 Å². The molecule has 0 aliphatic heterocycles. The van der Waals surface area contributed by atoms with Gasteiger partial charge in [0.15, 0.2) is 16.6 Å². The first kappa shape index (κ1) is 24.8. The zero-order valence-corrected chi connectivity index (χ0v) is 20.8. The number of hydrogen-bond acceptors (Lipinski definition) is 4. The van der Waals surface area contributed by atoms with E-state index in [9.17, 15) is 4.79 Å². The molecule has 0 aliphatic rings. The summed E-state index contributed by atoms with van der Waals surface area (Å²) in [4.78, 5) is 11.5. The van der Waals surface area contributed by atoms with Crippen molar-refractivity contribution in [1.82, 2.24) is 0 Å². The molecule has 0 radical (unpaired) electrons. The van der Waals surface area contributed by atoms with Crippen LogP contribution < -0.4 is 0 Å². The predicted molar refractivity (Wildman–Crippen MR) is 114 cm³/mol. The Morgan fingerprint density at radius 2 is 1.44 bits per heavy atom. The summed E-state index contributed by atoms with van der Waals surface area (Å²) in [6.07, 6.45) is 3.11. The number of hydrogen-bond donors (Lipinski definition) is 0. The number of esters is 1. The Hall–Kier alpha value is -0.219. The smallest absolute Gasteiger partial charge is 0.333 e. The van der Waals surface area contributed by atoms with Gasteiger partial charge in [-0.3, -0.25) is 0 Å². The van der Waals surface area contributed by atoms with E-state index in [1.807, 2.05) is 0 Å². The van der Waals surface area contributed by atoms with Crippen molar-refractivity contribution in [3.05, 3.63) is 12.2 Å². The van der Waals surface area contributed by atoms with E-state index in [0.717, 1.165) is 25.3 Å². The fraction of sp³-hybridized carbons (Fsp3) is 0.833. The molecule has 0 aromatic carbocycles. The Morgan fingerprint density at radius 1 is 0.920 bits per heavy atom. The molecule has 0 saturated heterocycles. The van der Waals surface area contributed by atoms with Crippen LogP contribution in [-0.2, 0) is 17.8 Å². The lowest BCUT2D eigenvalue weighted by atomic mass is 10.4. The monoisotopic (exact) mass is 404 g/mol. The van der Waals surface area contributed by atoms with Crippen LogP contribution >= 0.6 is 0 Å². The van der Waals surface area contributed by atoms with Crippen LogP contribution in [-0.4, -0.2) is 37.8 Å². The van der Waals surface area contributed by atoms with Gasteiger partial charge in [-0.25, -0.2) is 4.79 Å². The molecule has 0 aromatic rings. The van der Waals surface area contributed by atoms with Gasteiger partial charge in [-0.1, -0.05) is 33.3 Å². The second-order valence-electron chi connectivity index (χ2n) is 8.42. The summed E-state index contributed by atoms with van der Waals surface area (Å²) in [5.41, 5.74) is 0.445. The van der Waals surface area contributed by atoms with Crippen molar-refractivity contribution < 1.29 is 17.8 Å². The van der Waals surface area contributed by atoms with Crippen molar-refractivity contribution in [3.63, 3.8) is 0 Å². The fourth-order valence-electron chi connectivity index (χ4n) is 3.26. The molecule has 4 nitrogen and oxygen atoms in total. The van der Waals surface area contributed by atoms with Gasteiger partial charge in [0.1, 0.15) is 0 Å². The molecular weight excluding hydrogens is 364 g/mol. The molecule has 1 atom stereocenters. The molecule has 1 unspecified atom stereocenters. The van der Waals surface area contributed by atoms with Gasteiger partial charge in [0.25, 0.3) is 0 Å². The van der Waals surface area contributed by atoms with E-state index in [1.54, 1.807) is 6.92 Å². The van der Waals surface area contributed by atoms with Crippen LogP contribution in [0.25, 0.3) is 0 Å². The van der Waals surface area contributed by atoms with E-state index in [-0.39, 0.29) is 5.97 Å². The first-order chi connectivity index (χ1) is 11.4. The zero-order valence-electron chi connectivity index (χ0n) is 17.8. The first-order valence-corrected chi connectivity index (χ1v) is 18.3. The minimum atomic E-state index is -2.28. The van der Waals surface area contributed by atoms with Crippen LogP contribution in [0.2, 0.25) is 50.9 Å². The highest BCUT2D eigenvalue weighted by Crippen LogP contribution is 2.30. The van der Waals surface area contributed by atoms with Crippen LogP contribution in [0.5, 0.6) is 0 Å². The minimum absolute atomic E-state index is 0.313. The predicted octanol–water partition coefficient (Wildman–Crippen LogP) is 5.83. The lowest BCUT2D eigenvalue weighted by Crippen LogP contribution is -2.54. The van der Waals surface area contributed by atoms with Crippen LogP contribution in [0.4, 0.5) is 0 Å². The Kier molecular flexibility index (Phi) is 10.7. The van der Waals surface area contributed by atoms with Gasteiger partial charge in [-0.15, -0.1) is 0 Å². The molecule has 0 fully saturated rings. The second-order valence-corrected chi connectivity index (χ2v) is 20.9. The highest BCUT2D eigenvalue weighted by atomic mass is 28.5. The lowest BCUT2D eigenvalue weighted by molar-refractivity contribution is -0.138. The van der Waals surface area contributed by atoms with Crippen molar-refractivity contribution in [3.8, 4) is 0 Å². The third-order valence-corrected chi connectivity index (χ3v) is 16.2. The Balaban J connectivity index is 4.98. The van der Waals surface area contributed by atoms with E-state index in [1.165, 1.54) is 12.1 Å². The van der Waals surface area contributed by atoms with Gasteiger partial charge in [0.2, 0.25) is 0 Å². The van der Waals surface area contributed by atoms with Gasteiger partial charge < -0.3 is 13.0 Å². The lowest BCUT2D eigenvalue weighted by Gasteiger charge is -2.41.